The summed E-state index contributed by atoms with van der Waals surface area (Å²) >= 11 is 6.07. The zero-order valence-corrected chi connectivity index (χ0v) is 10.9. The monoisotopic (exact) mass is 271 g/mol. The second-order valence-corrected chi connectivity index (χ2v) is 4.54. The minimum Gasteiger partial charge on any atom is -0.383 e. The van der Waals surface area contributed by atoms with Gasteiger partial charge in [0, 0.05) is 20.7 Å². The fraction of sp³-hybridized carbons (Fsp3) is 0.500. The molecule has 0 amide bonds. The van der Waals surface area contributed by atoms with E-state index in [2.05, 4.69) is 15.3 Å². The summed E-state index contributed by atoms with van der Waals surface area (Å²) in [6.07, 6.45) is 0. The highest BCUT2D eigenvalue weighted by Gasteiger charge is 2.11. The summed E-state index contributed by atoms with van der Waals surface area (Å²) in [4.78, 5) is 13.3. The number of nitrogens with zero attached hydrogens (tertiary/aromatic N) is 4. The third-order valence-corrected chi connectivity index (χ3v) is 2.73. The molecule has 0 spiro atoms. The molecule has 0 fully saturated rings. The van der Waals surface area contributed by atoms with Crippen LogP contribution in [0.4, 0.5) is 5.82 Å². The number of ether oxygens (including phenoxy) is 1. The van der Waals surface area contributed by atoms with E-state index in [9.17, 15) is 4.79 Å². The summed E-state index contributed by atoms with van der Waals surface area (Å²) < 4.78 is 6.18. The van der Waals surface area contributed by atoms with E-state index in [-0.39, 0.29) is 11.1 Å². The van der Waals surface area contributed by atoms with Crippen LogP contribution in [0, 0.1) is 0 Å². The first-order chi connectivity index (χ1) is 8.61. The quantitative estimate of drug-likeness (QED) is 0.781. The number of hydrogen-bond acceptors (Lipinski definition) is 5. The number of aromatic nitrogens is 4. The number of methoxy groups -OCH3 is 1. The highest BCUT2D eigenvalue weighted by Crippen LogP contribution is 2.10. The van der Waals surface area contributed by atoms with Gasteiger partial charge in [-0.15, -0.1) is 16.7 Å². The van der Waals surface area contributed by atoms with Gasteiger partial charge in [-0.25, -0.2) is 9.89 Å². The number of halogens is 1. The van der Waals surface area contributed by atoms with Crippen LogP contribution in [0.5, 0.6) is 0 Å². The highest BCUT2D eigenvalue weighted by atomic mass is 35.5. The molecule has 2 heterocycles. The molecule has 1 N–H and O–H groups in total. The van der Waals surface area contributed by atoms with Crippen molar-refractivity contribution in [3.63, 3.8) is 0 Å². The fourth-order valence-electron chi connectivity index (χ4n) is 1.62. The fourth-order valence-corrected chi connectivity index (χ4v) is 1.95. The summed E-state index contributed by atoms with van der Waals surface area (Å²) in [5.41, 5.74) is 0.121. The van der Waals surface area contributed by atoms with Crippen molar-refractivity contribution in [1.82, 2.24) is 19.8 Å². The maximum atomic E-state index is 11.4. The number of nitrogens with one attached hydrogen (secondary N) is 1. The van der Waals surface area contributed by atoms with E-state index in [1.54, 1.807) is 19.2 Å². The van der Waals surface area contributed by atoms with Crippen molar-refractivity contribution in [2.75, 3.05) is 32.2 Å². The molecule has 8 heteroatoms. The summed E-state index contributed by atoms with van der Waals surface area (Å²) in [7, 11) is 3.45. The third kappa shape index (κ3) is 2.62. The van der Waals surface area contributed by atoms with Crippen molar-refractivity contribution in [3.8, 4) is 0 Å². The molecule has 0 saturated carbocycles. The van der Waals surface area contributed by atoms with Crippen LogP contribution in [0.1, 0.15) is 0 Å². The topological polar surface area (TPSA) is 75.5 Å². The second-order valence-electron chi connectivity index (χ2n) is 3.92. The SMILES string of the molecule is COCC(Cl)CN(C)c1ccc2n[nH]c(=O)n2n1. The van der Waals surface area contributed by atoms with Crippen molar-refractivity contribution in [3.05, 3.63) is 22.6 Å². The normalized spacial score (nSPS) is 12.8. The summed E-state index contributed by atoms with van der Waals surface area (Å²) in [5, 5.41) is 10.2. The molecule has 18 heavy (non-hydrogen) atoms. The molecule has 2 aromatic heterocycles. The molecule has 0 bridgehead atoms. The molecule has 1 unspecified atom stereocenters. The molecular formula is C10H14ClN5O2. The Balaban J connectivity index is 2.19. The Morgan fingerprint density at radius 1 is 1.61 bits per heavy atom. The number of alkyl halides is 1. The van der Waals surface area contributed by atoms with Gasteiger partial charge in [0.25, 0.3) is 0 Å². The van der Waals surface area contributed by atoms with Crippen LogP contribution in [-0.4, -0.2) is 52.5 Å². The van der Waals surface area contributed by atoms with Gasteiger partial charge in [-0.1, -0.05) is 0 Å². The Labute approximate surface area is 108 Å². The first-order valence-electron chi connectivity index (χ1n) is 5.40. The van der Waals surface area contributed by atoms with Gasteiger partial charge < -0.3 is 9.64 Å². The van der Waals surface area contributed by atoms with Gasteiger partial charge >= 0.3 is 5.69 Å². The Hall–Kier alpha value is -1.60. The van der Waals surface area contributed by atoms with Crippen LogP contribution in [0.25, 0.3) is 5.65 Å². The summed E-state index contributed by atoms with van der Waals surface area (Å²) in [6.45, 7) is 1.03. The zero-order valence-electron chi connectivity index (χ0n) is 10.1. The van der Waals surface area contributed by atoms with E-state index >= 15 is 0 Å². The van der Waals surface area contributed by atoms with E-state index < -0.39 is 0 Å². The molecule has 0 aromatic carbocycles. The van der Waals surface area contributed by atoms with E-state index in [0.717, 1.165) is 0 Å². The Morgan fingerprint density at radius 3 is 3.11 bits per heavy atom. The Morgan fingerprint density at radius 2 is 2.39 bits per heavy atom. The summed E-state index contributed by atoms with van der Waals surface area (Å²) in [6, 6.07) is 3.50. The van der Waals surface area contributed by atoms with Crippen LogP contribution in [0.15, 0.2) is 16.9 Å². The molecule has 0 aliphatic rings. The predicted octanol–water partition coefficient (Wildman–Crippen LogP) is 0.108. The molecule has 0 radical (unpaired) electrons. The summed E-state index contributed by atoms with van der Waals surface area (Å²) in [5.74, 6) is 0.646. The van der Waals surface area contributed by atoms with Crippen LogP contribution in [0.2, 0.25) is 0 Å². The van der Waals surface area contributed by atoms with Crippen LogP contribution < -0.4 is 10.6 Å². The number of H-pyrrole nitrogens is 1. The molecule has 0 aliphatic carbocycles. The second kappa shape index (κ2) is 5.36. The van der Waals surface area contributed by atoms with Crippen LogP contribution in [0.3, 0.4) is 0 Å². The molecule has 2 rings (SSSR count). The van der Waals surface area contributed by atoms with E-state index in [0.29, 0.717) is 24.6 Å². The average molecular weight is 272 g/mol. The number of fused-ring (bicyclic) bond motifs is 1. The van der Waals surface area contributed by atoms with Crippen molar-refractivity contribution in [2.24, 2.45) is 0 Å². The molecule has 7 nitrogen and oxygen atoms in total. The standard InChI is InChI=1S/C10H14ClN5O2/c1-15(5-7(11)6-18-2)9-4-3-8-12-13-10(17)16(8)14-9/h3-4,7H,5-6H2,1-2H3,(H,13,17). The van der Waals surface area contributed by atoms with Crippen LogP contribution >= 0.6 is 11.6 Å². The average Bonchev–Trinajstić information content (AvgIpc) is 2.71. The lowest BCUT2D eigenvalue weighted by Gasteiger charge is -2.20. The molecule has 0 saturated heterocycles. The van der Waals surface area contributed by atoms with E-state index in [1.807, 2.05) is 11.9 Å². The molecule has 0 aliphatic heterocycles. The van der Waals surface area contributed by atoms with Crippen molar-refractivity contribution in [1.29, 1.82) is 0 Å². The number of anilines is 1. The lowest BCUT2D eigenvalue weighted by Crippen LogP contribution is -2.30. The lowest BCUT2D eigenvalue weighted by molar-refractivity contribution is 0.199. The lowest BCUT2D eigenvalue weighted by atomic mass is 10.4. The smallest absolute Gasteiger partial charge is 0.364 e. The number of rotatable bonds is 5. The largest absolute Gasteiger partial charge is 0.383 e. The molecule has 98 valence electrons. The first-order valence-corrected chi connectivity index (χ1v) is 5.84. The molecular weight excluding hydrogens is 258 g/mol. The van der Waals surface area contributed by atoms with Gasteiger partial charge in [0.05, 0.1) is 12.0 Å². The van der Waals surface area contributed by atoms with Gasteiger partial charge in [-0.3, -0.25) is 0 Å². The Kier molecular flexibility index (Phi) is 3.83. The van der Waals surface area contributed by atoms with Gasteiger partial charge in [0.1, 0.15) is 5.82 Å². The van der Waals surface area contributed by atoms with Gasteiger partial charge in [-0.05, 0) is 12.1 Å². The molecule has 1 atom stereocenters. The minimum absolute atomic E-state index is 0.140. The zero-order chi connectivity index (χ0) is 13.1. The number of aromatic amines is 1. The van der Waals surface area contributed by atoms with Gasteiger partial charge in [0.15, 0.2) is 5.65 Å². The van der Waals surface area contributed by atoms with Crippen molar-refractivity contribution < 1.29 is 4.74 Å². The maximum absolute atomic E-state index is 11.4. The van der Waals surface area contributed by atoms with Crippen molar-refractivity contribution >= 4 is 23.1 Å². The predicted molar refractivity (Wildman–Crippen MR) is 68.4 cm³/mol. The number of hydrogen-bond donors (Lipinski definition) is 1. The minimum atomic E-state index is -0.362. The Bertz CT molecular complexity index is 581. The van der Waals surface area contributed by atoms with E-state index in [4.69, 9.17) is 16.3 Å². The van der Waals surface area contributed by atoms with Crippen LogP contribution in [-0.2, 0) is 4.74 Å². The molecule has 2 aromatic rings. The first kappa shape index (κ1) is 12.8. The van der Waals surface area contributed by atoms with Gasteiger partial charge in [0.2, 0.25) is 0 Å². The van der Waals surface area contributed by atoms with Crippen molar-refractivity contribution in [2.45, 2.75) is 5.38 Å². The maximum Gasteiger partial charge on any atom is 0.364 e. The third-order valence-electron chi connectivity index (χ3n) is 2.47. The van der Waals surface area contributed by atoms with Gasteiger partial charge in [-0.2, -0.15) is 9.61 Å². The highest BCUT2D eigenvalue weighted by molar-refractivity contribution is 6.21. The van der Waals surface area contributed by atoms with E-state index in [1.165, 1.54) is 4.52 Å².